The smallest absolute Gasteiger partial charge is 0.138 e. The zero-order chi connectivity index (χ0) is 9.14. The van der Waals surface area contributed by atoms with E-state index in [-0.39, 0.29) is 22.8 Å². The van der Waals surface area contributed by atoms with Gasteiger partial charge in [0.25, 0.3) is 0 Å². The van der Waals surface area contributed by atoms with Crippen molar-refractivity contribution in [1.29, 1.82) is 0 Å². The van der Waals surface area contributed by atoms with Gasteiger partial charge in [-0.1, -0.05) is 11.6 Å². The van der Waals surface area contributed by atoms with E-state index in [1.165, 1.54) is 0 Å². The summed E-state index contributed by atoms with van der Waals surface area (Å²) in [4.78, 5) is 10.1. The molecule has 0 aliphatic carbocycles. The van der Waals surface area contributed by atoms with Gasteiger partial charge in [-0.05, 0) is 12.1 Å². The van der Waals surface area contributed by atoms with Gasteiger partial charge in [-0.25, -0.2) is 4.39 Å². The van der Waals surface area contributed by atoms with Crippen LogP contribution in [-0.2, 0) is 11.2 Å². The van der Waals surface area contributed by atoms with E-state index in [9.17, 15) is 14.3 Å². The van der Waals surface area contributed by atoms with Crippen molar-refractivity contribution in [2.75, 3.05) is 0 Å². The number of carbonyl (C=O) groups is 1. The zero-order valence-corrected chi connectivity index (χ0v) is 6.81. The molecule has 0 bridgehead atoms. The first-order chi connectivity index (χ1) is 5.65. The topological polar surface area (TPSA) is 37.3 Å². The summed E-state index contributed by atoms with van der Waals surface area (Å²) in [6, 6.07) is 2.07. The fourth-order valence-electron chi connectivity index (χ4n) is 0.865. The first kappa shape index (κ1) is 9.00. The third-order valence-electron chi connectivity index (χ3n) is 1.41. The third-order valence-corrected chi connectivity index (χ3v) is 1.70. The Morgan fingerprint density at radius 2 is 2.25 bits per heavy atom. The van der Waals surface area contributed by atoms with Crippen LogP contribution in [-0.4, -0.2) is 11.4 Å². The number of hydrogen-bond acceptors (Lipinski definition) is 2. The van der Waals surface area contributed by atoms with Gasteiger partial charge in [0.1, 0.15) is 17.9 Å². The molecule has 0 fully saturated rings. The molecule has 64 valence electrons. The molecule has 2 nitrogen and oxygen atoms in total. The van der Waals surface area contributed by atoms with Crippen molar-refractivity contribution in [3.63, 3.8) is 0 Å². The summed E-state index contributed by atoms with van der Waals surface area (Å²) in [6.45, 7) is 0. The number of hydrogen-bond donors (Lipinski definition) is 1. The van der Waals surface area contributed by atoms with Crippen molar-refractivity contribution in [3.8, 4) is 5.75 Å². The molecule has 4 heteroatoms. The Morgan fingerprint density at radius 1 is 1.58 bits per heavy atom. The lowest BCUT2D eigenvalue weighted by Crippen LogP contribution is -1.89. The van der Waals surface area contributed by atoms with E-state index >= 15 is 0 Å². The molecule has 0 heterocycles. The summed E-state index contributed by atoms with van der Waals surface area (Å²) < 4.78 is 12.6. The average Bonchev–Trinajstić information content (AvgIpc) is 2.00. The maximum absolute atomic E-state index is 12.6. The van der Waals surface area contributed by atoms with Crippen LogP contribution in [0.2, 0.25) is 5.02 Å². The van der Waals surface area contributed by atoms with Crippen LogP contribution in [0.25, 0.3) is 0 Å². The van der Waals surface area contributed by atoms with Gasteiger partial charge in [0, 0.05) is 12.0 Å². The van der Waals surface area contributed by atoms with Crippen LogP contribution in [0, 0.1) is 5.82 Å². The Hall–Kier alpha value is -1.09. The Morgan fingerprint density at radius 3 is 2.83 bits per heavy atom. The van der Waals surface area contributed by atoms with Gasteiger partial charge in [0.15, 0.2) is 0 Å². The standard InChI is InChI=1S/C8H6ClFO2/c9-7-4-6(10)3-5(1-2-11)8(7)12/h2-4,12H,1H2. The maximum atomic E-state index is 12.6. The lowest BCUT2D eigenvalue weighted by molar-refractivity contribution is -0.107. The zero-order valence-electron chi connectivity index (χ0n) is 6.05. The summed E-state index contributed by atoms with van der Waals surface area (Å²) in [5, 5.41) is 9.12. The fourth-order valence-corrected chi connectivity index (χ4v) is 1.09. The van der Waals surface area contributed by atoms with E-state index in [1.807, 2.05) is 0 Å². The fraction of sp³-hybridized carbons (Fsp3) is 0.125. The second-order valence-electron chi connectivity index (χ2n) is 2.27. The molecular formula is C8H6ClFO2. The number of phenolic OH excluding ortho intramolecular Hbond substituents is 1. The van der Waals surface area contributed by atoms with E-state index in [0.717, 1.165) is 12.1 Å². The minimum atomic E-state index is -0.561. The highest BCUT2D eigenvalue weighted by Crippen LogP contribution is 2.28. The molecule has 0 aromatic heterocycles. The Labute approximate surface area is 73.6 Å². The van der Waals surface area contributed by atoms with Crippen LogP contribution in [0.1, 0.15) is 5.56 Å². The van der Waals surface area contributed by atoms with Crippen molar-refractivity contribution in [1.82, 2.24) is 0 Å². The molecule has 0 aliphatic rings. The van der Waals surface area contributed by atoms with E-state index in [0.29, 0.717) is 6.29 Å². The lowest BCUT2D eigenvalue weighted by Gasteiger charge is -2.02. The molecule has 0 unspecified atom stereocenters. The molecule has 0 amide bonds. The van der Waals surface area contributed by atoms with Crippen molar-refractivity contribution in [2.45, 2.75) is 6.42 Å². The van der Waals surface area contributed by atoms with E-state index in [4.69, 9.17) is 11.6 Å². The highest BCUT2D eigenvalue weighted by molar-refractivity contribution is 6.32. The summed E-state index contributed by atoms with van der Waals surface area (Å²) in [7, 11) is 0. The van der Waals surface area contributed by atoms with Crippen LogP contribution in [0.3, 0.4) is 0 Å². The number of phenols is 1. The monoisotopic (exact) mass is 188 g/mol. The number of aromatic hydroxyl groups is 1. The summed E-state index contributed by atoms with van der Waals surface area (Å²) in [5.41, 5.74) is 0.204. The molecule has 0 aliphatic heterocycles. The molecule has 1 aromatic rings. The SMILES string of the molecule is O=CCc1cc(F)cc(Cl)c1O. The molecule has 12 heavy (non-hydrogen) atoms. The lowest BCUT2D eigenvalue weighted by atomic mass is 10.1. The average molecular weight is 189 g/mol. The van der Waals surface area contributed by atoms with E-state index < -0.39 is 5.82 Å². The maximum Gasteiger partial charge on any atom is 0.138 e. The van der Waals surface area contributed by atoms with Crippen molar-refractivity contribution < 1.29 is 14.3 Å². The van der Waals surface area contributed by atoms with Crippen LogP contribution in [0.15, 0.2) is 12.1 Å². The van der Waals surface area contributed by atoms with Crippen LogP contribution in [0.4, 0.5) is 4.39 Å². The summed E-state index contributed by atoms with van der Waals surface area (Å²) >= 11 is 5.45. The van der Waals surface area contributed by atoms with E-state index in [2.05, 4.69) is 0 Å². The number of rotatable bonds is 2. The molecular weight excluding hydrogens is 183 g/mol. The predicted molar refractivity (Wildman–Crippen MR) is 42.8 cm³/mol. The number of aldehydes is 1. The normalized spacial score (nSPS) is 9.83. The second-order valence-corrected chi connectivity index (χ2v) is 2.67. The minimum absolute atomic E-state index is 0.0384. The van der Waals surface area contributed by atoms with Crippen LogP contribution >= 0.6 is 11.6 Å². The predicted octanol–water partition coefficient (Wildman–Crippen LogP) is 1.93. The van der Waals surface area contributed by atoms with Crippen LogP contribution in [0.5, 0.6) is 5.75 Å². The van der Waals surface area contributed by atoms with Gasteiger partial charge in [0.2, 0.25) is 0 Å². The number of carbonyl (C=O) groups excluding carboxylic acids is 1. The van der Waals surface area contributed by atoms with Gasteiger partial charge in [0.05, 0.1) is 5.02 Å². The Kier molecular flexibility index (Phi) is 2.65. The van der Waals surface area contributed by atoms with Gasteiger partial charge >= 0.3 is 0 Å². The molecule has 0 saturated heterocycles. The van der Waals surface area contributed by atoms with Gasteiger partial charge in [-0.15, -0.1) is 0 Å². The largest absolute Gasteiger partial charge is 0.506 e. The van der Waals surface area contributed by atoms with Crippen molar-refractivity contribution in [3.05, 3.63) is 28.5 Å². The van der Waals surface area contributed by atoms with Crippen molar-refractivity contribution >= 4 is 17.9 Å². The molecule has 1 rings (SSSR count). The van der Waals surface area contributed by atoms with Crippen LogP contribution < -0.4 is 0 Å². The highest BCUT2D eigenvalue weighted by atomic mass is 35.5. The summed E-state index contributed by atoms with van der Waals surface area (Å²) in [5.74, 6) is -0.792. The third kappa shape index (κ3) is 1.74. The Balaban J connectivity index is 3.17. The molecule has 1 N–H and O–H groups in total. The summed E-state index contributed by atoms with van der Waals surface area (Å²) in [6.07, 6.45) is 0.536. The molecule has 1 aromatic carbocycles. The van der Waals surface area contributed by atoms with Gasteiger partial charge < -0.3 is 9.90 Å². The molecule has 0 radical (unpaired) electrons. The minimum Gasteiger partial charge on any atom is -0.506 e. The van der Waals surface area contributed by atoms with Gasteiger partial charge in [-0.3, -0.25) is 0 Å². The number of benzene rings is 1. The first-order valence-electron chi connectivity index (χ1n) is 3.25. The highest BCUT2D eigenvalue weighted by Gasteiger charge is 2.07. The van der Waals surface area contributed by atoms with E-state index in [1.54, 1.807) is 0 Å². The second kappa shape index (κ2) is 3.54. The Bertz CT molecular complexity index is 312. The molecule has 0 spiro atoms. The number of halogens is 2. The first-order valence-corrected chi connectivity index (χ1v) is 3.63. The molecule has 0 atom stereocenters. The van der Waals surface area contributed by atoms with Gasteiger partial charge in [-0.2, -0.15) is 0 Å². The van der Waals surface area contributed by atoms with Crippen molar-refractivity contribution in [2.24, 2.45) is 0 Å². The quantitative estimate of drug-likeness (QED) is 0.720. The molecule has 0 saturated carbocycles.